The first-order valence-corrected chi connectivity index (χ1v) is 6.59. The second kappa shape index (κ2) is 3.54. The Balaban J connectivity index is 1.92. The van der Waals surface area contributed by atoms with Gasteiger partial charge in [-0.1, -0.05) is 6.07 Å². The molecule has 0 spiro atoms. The Hall–Kier alpha value is -0.930. The summed E-state index contributed by atoms with van der Waals surface area (Å²) in [5.41, 5.74) is 8.79. The van der Waals surface area contributed by atoms with E-state index in [0.29, 0.717) is 5.41 Å². The van der Waals surface area contributed by atoms with E-state index in [1.54, 1.807) is 11.3 Å². The molecule has 0 saturated heterocycles. The monoisotopic (exact) mass is 232 g/mol. The lowest BCUT2D eigenvalue weighted by Gasteiger charge is -2.11. The topological polar surface area (TPSA) is 38.9 Å². The van der Waals surface area contributed by atoms with Gasteiger partial charge < -0.3 is 5.73 Å². The maximum absolute atomic E-state index is 5.82. The van der Waals surface area contributed by atoms with Gasteiger partial charge in [0.05, 0.1) is 15.2 Å². The van der Waals surface area contributed by atoms with Gasteiger partial charge in [-0.15, -0.1) is 11.3 Å². The Morgan fingerprint density at radius 3 is 2.94 bits per heavy atom. The van der Waals surface area contributed by atoms with Crippen LogP contribution in [-0.4, -0.2) is 11.5 Å². The number of thiazole rings is 1. The number of aryl methyl sites for hydroxylation is 1. The van der Waals surface area contributed by atoms with Crippen molar-refractivity contribution in [3.8, 4) is 0 Å². The van der Waals surface area contributed by atoms with E-state index in [1.807, 2.05) is 0 Å². The zero-order valence-electron chi connectivity index (χ0n) is 9.49. The predicted octanol–water partition coefficient (Wildman–Crippen LogP) is 2.89. The van der Waals surface area contributed by atoms with Crippen molar-refractivity contribution >= 4 is 21.6 Å². The third-order valence-electron chi connectivity index (χ3n) is 3.53. The minimum atomic E-state index is 0.424. The highest BCUT2D eigenvalue weighted by molar-refractivity contribution is 7.18. The maximum Gasteiger partial charge on any atom is 0.0907 e. The van der Waals surface area contributed by atoms with Gasteiger partial charge in [0.1, 0.15) is 0 Å². The fourth-order valence-corrected chi connectivity index (χ4v) is 3.15. The van der Waals surface area contributed by atoms with Crippen molar-refractivity contribution in [3.63, 3.8) is 0 Å². The quantitative estimate of drug-likeness (QED) is 0.883. The van der Waals surface area contributed by atoms with Gasteiger partial charge in [-0.25, -0.2) is 4.98 Å². The molecule has 1 aromatic heterocycles. The Morgan fingerprint density at radius 1 is 1.44 bits per heavy atom. The standard InChI is InChI=1S/C13H16N2S/c1-9-15-11-3-2-10(6-12(11)16-9)7-13(8-14)4-5-13/h2-3,6H,4-5,7-8,14H2,1H3. The van der Waals surface area contributed by atoms with Gasteiger partial charge in [-0.3, -0.25) is 0 Å². The van der Waals surface area contributed by atoms with Crippen molar-refractivity contribution in [1.82, 2.24) is 4.98 Å². The molecule has 0 atom stereocenters. The highest BCUT2D eigenvalue weighted by Crippen LogP contribution is 2.47. The summed E-state index contributed by atoms with van der Waals surface area (Å²) in [4.78, 5) is 4.48. The van der Waals surface area contributed by atoms with Crippen LogP contribution in [0.15, 0.2) is 18.2 Å². The second-order valence-corrected chi connectivity index (χ2v) is 6.15. The van der Waals surface area contributed by atoms with Crippen molar-refractivity contribution in [2.24, 2.45) is 11.1 Å². The molecular weight excluding hydrogens is 216 g/mol. The minimum absolute atomic E-state index is 0.424. The van der Waals surface area contributed by atoms with Crippen molar-refractivity contribution < 1.29 is 0 Å². The maximum atomic E-state index is 5.82. The first-order valence-electron chi connectivity index (χ1n) is 5.77. The lowest BCUT2D eigenvalue weighted by atomic mass is 9.97. The number of nitrogens with two attached hydrogens (primary N) is 1. The molecule has 2 aromatic rings. The largest absolute Gasteiger partial charge is 0.330 e. The molecule has 1 aliphatic rings. The molecule has 2 nitrogen and oxygen atoms in total. The molecule has 3 rings (SSSR count). The number of nitrogens with zero attached hydrogens (tertiary/aromatic N) is 1. The van der Waals surface area contributed by atoms with Gasteiger partial charge in [-0.05, 0) is 55.8 Å². The fraction of sp³-hybridized carbons (Fsp3) is 0.462. The zero-order valence-corrected chi connectivity index (χ0v) is 10.3. The summed E-state index contributed by atoms with van der Waals surface area (Å²) in [7, 11) is 0. The van der Waals surface area contributed by atoms with Crippen molar-refractivity contribution in [2.45, 2.75) is 26.2 Å². The minimum Gasteiger partial charge on any atom is -0.330 e. The van der Waals surface area contributed by atoms with Crippen LogP contribution in [0.4, 0.5) is 0 Å². The molecule has 3 heteroatoms. The van der Waals surface area contributed by atoms with Crippen LogP contribution in [0.5, 0.6) is 0 Å². The lowest BCUT2D eigenvalue weighted by molar-refractivity contribution is 0.521. The molecule has 1 fully saturated rings. The van der Waals surface area contributed by atoms with Gasteiger partial charge in [-0.2, -0.15) is 0 Å². The van der Waals surface area contributed by atoms with Crippen LogP contribution in [0.1, 0.15) is 23.4 Å². The van der Waals surface area contributed by atoms with Crippen molar-refractivity contribution in [3.05, 3.63) is 28.8 Å². The molecule has 1 aromatic carbocycles. The Kier molecular flexibility index (Phi) is 2.26. The average Bonchev–Trinajstić information content (AvgIpc) is 2.93. The Labute approximate surface area is 99.5 Å². The Bertz CT molecular complexity index is 526. The first-order chi connectivity index (χ1) is 7.71. The molecule has 0 unspecified atom stereocenters. The molecule has 84 valence electrons. The summed E-state index contributed by atoms with van der Waals surface area (Å²) >= 11 is 1.78. The summed E-state index contributed by atoms with van der Waals surface area (Å²) < 4.78 is 1.31. The van der Waals surface area contributed by atoms with E-state index in [9.17, 15) is 0 Å². The highest BCUT2D eigenvalue weighted by Gasteiger charge is 2.40. The number of aromatic nitrogens is 1. The number of hydrogen-bond donors (Lipinski definition) is 1. The molecule has 0 bridgehead atoms. The van der Waals surface area contributed by atoms with Crippen molar-refractivity contribution in [2.75, 3.05) is 6.54 Å². The van der Waals surface area contributed by atoms with Gasteiger partial charge in [0, 0.05) is 0 Å². The molecule has 16 heavy (non-hydrogen) atoms. The van der Waals surface area contributed by atoms with Crippen LogP contribution in [0, 0.1) is 12.3 Å². The molecule has 0 aliphatic heterocycles. The summed E-state index contributed by atoms with van der Waals surface area (Å²) in [5.74, 6) is 0. The van der Waals surface area contributed by atoms with Crippen LogP contribution < -0.4 is 5.73 Å². The van der Waals surface area contributed by atoms with Crippen LogP contribution in [0.2, 0.25) is 0 Å². The van der Waals surface area contributed by atoms with E-state index in [0.717, 1.165) is 23.5 Å². The molecular formula is C13H16N2S. The van der Waals surface area contributed by atoms with E-state index < -0.39 is 0 Å². The molecule has 1 saturated carbocycles. The number of hydrogen-bond acceptors (Lipinski definition) is 3. The first kappa shape index (κ1) is 10.2. The van der Waals surface area contributed by atoms with Crippen LogP contribution in [-0.2, 0) is 6.42 Å². The van der Waals surface area contributed by atoms with Crippen LogP contribution in [0.3, 0.4) is 0 Å². The zero-order chi connectivity index (χ0) is 11.2. The van der Waals surface area contributed by atoms with Crippen LogP contribution >= 0.6 is 11.3 Å². The predicted molar refractivity (Wildman–Crippen MR) is 68.8 cm³/mol. The summed E-state index contributed by atoms with van der Waals surface area (Å²) in [6.45, 7) is 2.89. The average molecular weight is 232 g/mol. The molecule has 1 heterocycles. The summed E-state index contributed by atoms with van der Waals surface area (Å²) in [6.07, 6.45) is 3.73. The number of rotatable bonds is 3. The van der Waals surface area contributed by atoms with E-state index in [1.165, 1.54) is 23.1 Å². The third-order valence-corrected chi connectivity index (χ3v) is 4.46. The van der Waals surface area contributed by atoms with Crippen molar-refractivity contribution in [1.29, 1.82) is 0 Å². The van der Waals surface area contributed by atoms with E-state index >= 15 is 0 Å². The van der Waals surface area contributed by atoms with Gasteiger partial charge in [0.25, 0.3) is 0 Å². The van der Waals surface area contributed by atoms with E-state index in [2.05, 4.69) is 30.1 Å². The van der Waals surface area contributed by atoms with Gasteiger partial charge in [0.2, 0.25) is 0 Å². The molecule has 2 N–H and O–H groups in total. The summed E-state index contributed by atoms with van der Waals surface area (Å²) in [6, 6.07) is 6.63. The number of fused-ring (bicyclic) bond motifs is 1. The lowest BCUT2D eigenvalue weighted by Crippen LogP contribution is -2.17. The second-order valence-electron chi connectivity index (χ2n) is 4.92. The SMILES string of the molecule is Cc1nc2ccc(CC3(CN)CC3)cc2s1. The summed E-state index contributed by atoms with van der Waals surface area (Å²) in [5, 5.41) is 1.15. The fourth-order valence-electron chi connectivity index (χ4n) is 2.26. The van der Waals surface area contributed by atoms with E-state index in [4.69, 9.17) is 5.73 Å². The Morgan fingerprint density at radius 2 is 2.25 bits per heavy atom. The molecule has 0 amide bonds. The third kappa shape index (κ3) is 1.74. The van der Waals surface area contributed by atoms with Crippen LogP contribution in [0.25, 0.3) is 10.2 Å². The highest BCUT2D eigenvalue weighted by atomic mass is 32.1. The van der Waals surface area contributed by atoms with Gasteiger partial charge in [0.15, 0.2) is 0 Å². The smallest absolute Gasteiger partial charge is 0.0907 e. The molecule has 1 aliphatic carbocycles. The number of benzene rings is 1. The molecule has 0 radical (unpaired) electrons. The van der Waals surface area contributed by atoms with Gasteiger partial charge >= 0.3 is 0 Å². The van der Waals surface area contributed by atoms with E-state index in [-0.39, 0.29) is 0 Å². The normalized spacial score (nSPS) is 17.9.